The third-order valence-electron chi connectivity index (χ3n) is 4.82. The predicted octanol–water partition coefficient (Wildman–Crippen LogP) is 5.34. The zero-order chi connectivity index (χ0) is 22.0. The first-order valence-electron chi connectivity index (χ1n) is 9.57. The van der Waals surface area contributed by atoms with E-state index in [-0.39, 0.29) is 23.9 Å². The number of aryl methyl sites for hydroxylation is 1. The second-order valence-electron chi connectivity index (χ2n) is 7.07. The van der Waals surface area contributed by atoms with Crippen LogP contribution in [0.4, 0.5) is 5.69 Å². The number of nitrogens with one attached hydrogen (secondary N) is 1. The number of aromatic hydroxyl groups is 1. The maximum atomic E-state index is 13.2. The third kappa shape index (κ3) is 4.60. The molecule has 7 heteroatoms. The average Bonchev–Trinajstić information content (AvgIpc) is 2.97. The Hall–Kier alpha value is -3.22. The third-order valence-corrected chi connectivity index (χ3v) is 6.16. The van der Waals surface area contributed by atoms with Crippen LogP contribution in [-0.2, 0) is 16.1 Å². The largest absolute Gasteiger partial charge is 0.508 e. The lowest BCUT2D eigenvalue weighted by atomic mass is 10.2. The molecule has 0 aliphatic carbocycles. The quantitative estimate of drug-likeness (QED) is 0.496. The Morgan fingerprint density at radius 1 is 0.968 bits per heavy atom. The summed E-state index contributed by atoms with van der Waals surface area (Å²) in [7, 11) is 0. The predicted molar refractivity (Wildman–Crippen MR) is 123 cm³/mol. The molecule has 4 rings (SSSR count). The number of phenols is 1. The lowest BCUT2D eigenvalue weighted by molar-refractivity contribution is -0.137. The second-order valence-corrected chi connectivity index (χ2v) is 8.59. The Morgan fingerprint density at radius 3 is 2.35 bits per heavy atom. The molecule has 0 bridgehead atoms. The van der Waals surface area contributed by atoms with Crippen LogP contribution >= 0.6 is 23.4 Å². The van der Waals surface area contributed by atoms with E-state index < -0.39 is 5.91 Å². The first kappa shape index (κ1) is 21.0. The molecule has 0 saturated heterocycles. The van der Waals surface area contributed by atoms with Crippen LogP contribution in [0.2, 0.25) is 5.02 Å². The molecule has 156 valence electrons. The van der Waals surface area contributed by atoms with Crippen molar-refractivity contribution in [2.45, 2.75) is 18.4 Å². The second kappa shape index (κ2) is 8.88. The SMILES string of the molecule is Cc1ccc(NC2=C(Sc3ccc(Cl)cc3)C(=O)N(Cc3ccccc3)C2=O)cc1O. The Bertz CT molecular complexity index is 1180. The fourth-order valence-electron chi connectivity index (χ4n) is 3.12. The molecule has 3 aromatic carbocycles. The number of thioether (sulfide) groups is 1. The molecule has 1 heterocycles. The minimum atomic E-state index is -0.412. The zero-order valence-corrected chi connectivity index (χ0v) is 18.2. The van der Waals surface area contributed by atoms with E-state index >= 15 is 0 Å². The van der Waals surface area contributed by atoms with Crippen molar-refractivity contribution in [1.82, 2.24) is 4.90 Å². The maximum absolute atomic E-state index is 13.2. The van der Waals surface area contributed by atoms with Crippen LogP contribution in [0, 0.1) is 6.92 Å². The Labute approximate surface area is 189 Å². The molecule has 0 radical (unpaired) electrons. The molecular formula is C24H19ClN2O3S. The van der Waals surface area contributed by atoms with Crippen molar-refractivity contribution < 1.29 is 14.7 Å². The van der Waals surface area contributed by atoms with Gasteiger partial charge in [0, 0.05) is 21.7 Å². The summed E-state index contributed by atoms with van der Waals surface area (Å²) in [5.74, 6) is -0.673. The fourth-order valence-corrected chi connectivity index (χ4v) is 4.19. The molecule has 3 aromatic rings. The molecule has 0 unspecified atom stereocenters. The van der Waals surface area contributed by atoms with Gasteiger partial charge in [0.25, 0.3) is 11.8 Å². The van der Waals surface area contributed by atoms with Crippen LogP contribution in [-0.4, -0.2) is 21.8 Å². The molecule has 31 heavy (non-hydrogen) atoms. The molecule has 2 N–H and O–H groups in total. The number of benzene rings is 3. The number of phenolic OH excluding ortho intramolecular Hbond substituents is 1. The lowest BCUT2D eigenvalue weighted by Crippen LogP contribution is -2.31. The van der Waals surface area contributed by atoms with Crippen LogP contribution in [0.25, 0.3) is 0 Å². The van der Waals surface area contributed by atoms with Crippen LogP contribution in [0.3, 0.4) is 0 Å². The summed E-state index contributed by atoms with van der Waals surface area (Å²) < 4.78 is 0. The minimum absolute atomic E-state index is 0.107. The summed E-state index contributed by atoms with van der Waals surface area (Å²) in [6, 6.07) is 21.5. The number of carbonyl (C=O) groups is 2. The summed E-state index contributed by atoms with van der Waals surface area (Å²) in [5.41, 5.74) is 2.28. The number of rotatable bonds is 6. The van der Waals surface area contributed by atoms with Gasteiger partial charge in [-0.3, -0.25) is 14.5 Å². The monoisotopic (exact) mass is 450 g/mol. The molecule has 0 fully saturated rings. The highest BCUT2D eigenvalue weighted by atomic mass is 35.5. The summed E-state index contributed by atoms with van der Waals surface area (Å²) in [6.45, 7) is 1.96. The highest BCUT2D eigenvalue weighted by Crippen LogP contribution is 2.37. The van der Waals surface area contributed by atoms with Gasteiger partial charge in [-0.05, 0) is 48.4 Å². The summed E-state index contributed by atoms with van der Waals surface area (Å²) in [5, 5.41) is 13.7. The van der Waals surface area contributed by atoms with Crippen molar-refractivity contribution in [3.63, 3.8) is 0 Å². The number of nitrogens with zero attached hydrogens (tertiary/aromatic N) is 1. The number of hydrogen-bond donors (Lipinski definition) is 2. The van der Waals surface area contributed by atoms with Gasteiger partial charge in [-0.2, -0.15) is 0 Å². The van der Waals surface area contributed by atoms with Gasteiger partial charge in [-0.25, -0.2) is 0 Å². The van der Waals surface area contributed by atoms with Gasteiger partial charge in [0.15, 0.2) is 0 Å². The molecule has 0 aromatic heterocycles. The van der Waals surface area contributed by atoms with Crippen molar-refractivity contribution in [1.29, 1.82) is 0 Å². The molecule has 5 nitrogen and oxygen atoms in total. The maximum Gasteiger partial charge on any atom is 0.278 e. The Balaban J connectivity index is 1.68. The molecule has 1 aliphatic rings. The highest BCUT2D eigenvalue weighted by molar-refractivity contribution is 8.04. The van der Waals surface area contributed by atoms with Crippen molar-refractivity contribution in [3.05, 3.63) is 99.5 Å². The standard InChI is InChI=1S/C24H19ClN2O3S/c1-15-7-10-18(13-20(15)28)26-21-22(31-19-11-8-17(25)9-12-19)24(30)27(23(21)29)14-16-5-3-2-4-6-16/h2-13,26,28H,14H2,1H3. The van der Waals surface area contributed by atoms with E-state index in [1.165, 1.54) is 22.7 Å². The normalized spacial score (nSPS) is 13.8. The van der Waals surface area contributed by atoms with Gasteiger partial charge in [0.1, 0.15) is 16.4 Å². The van der Waals surface area contributed by atoms with E-state index in [9.17, 15) is 14.7 Å². The molecule has 2 amide bonds. The fraction of sp³-hybridized carbons (Fsp3) is 0.0833. The van der Waals surface area contributed by atoms with Crippen LogP contribution in [0.1, 0.15) is 11.1 Å². The number of imide groups is 1. The topological polar surface area (TPSA) is 69.6 Å². The molecular weight excluding hydrogens is 432 g/mol. The smallest absolute Gasteiger partial charge is 0.278 e. The molecule has 1 aliphatic heterocycles. The minimum Gasteiger partial charge on any atom is -0.508 e. The van der Waals surface area contributed by atoms with Crippen molar-refractivity contribution in [2.75, 3.05) is 5.32 Å². The Kier molecular flexibility index (Phi) is 6.02. The molecule has 0 atom stereocenters. The summed E-state index contributed by atoms with van der Waals surface area (Å²) >= 11 is 7.18. The van der Waals surface area contributed by atoms with Crippen LogP contribution < -0.4 is 5.32 Å². The van der Waals surface area contributed by atoms with Gasteiger partial charge in [-0.1, -0.05) is 59.8 Å². The first-order valence-corrected chi connectivity index (χ1v) is 10.8. The number of halogens is 1. The van der Waals surface area contributed by atoms with Crippen molar-refractivity contribution in [2.24, 2.45) is 0 Å². The van der Waals surface area contributed by atoms with E-state index in [2.05, 4.69) is 5.32 Å². The summed E-state index contributed by atoms with van der Waals surface area (Å²) in [6.07, 6.45) is 0. The number of anilines is 1. The number of amides is 2. The van der Waals surface area contributed by atoms with Gasteiger partial charge in [0.05, 0.1) is 6.54 Å². The Morgan fingerprint density at radius 2 is 1.68 bits per heavy atom. The molecule has 0 spiro atoms. The van der Waals surface area contributed by atoms with Gasteiger partial charge < -0.3 is 10.4 Å². The van der Waals surface area contributed by atoms with Gasteiger partial charge in [0.2, 0.25) is 0 Å². The van der Waals surface area contributed by atoms with Crippen molar-refractivity contribution in [3.8, 4) is 5.75 Å². The number of hydrogen-bond acceptors (Lipinski definition) is 5. The highest BCUT2D eigenvalue weighted by Gasteiger charge is 2.39. The van der Waals surface area contributed by atoms with Crippen LogP contribution in [0.5, 0.6) is 5.75 Å². The van der Waals surface area contributed by atoms with E-state index in [0.717, 1.165) is 16.0 Å². The average molecular weight is 451 g/mol. The van der Waals surface area contributed by atoms with E-state index in [0.29, 0.717) is 15.6 Å². The number of carbonyl (C=O) groups excluding carboxylic acids is 2. The van der Waals surface area contributed by atoms with Crippen molar-refractivity contribution >= 4 is 40.9 Å². The van der Waals surface area contributed by atoms with E-state index in [1.54, 1.807) is 43.3 Å². The molecule has 0 saturated carbocycles. The van der Waals surface area contributed by atoms with E-state index in [1.807, 2.05) is 30.3 Å². The zero-order valence-electron chi connectivity index (χ0n) is 16.6. The lowest BCUT2D eigenvalue weighted by Gasteiger charge is -2.15. The van der Waals surface area contributed by atoms with Gasteiger partial charge >= 0.3 is 0 Å². The van der Waals surface area contributed by atoms with E-state index in [4.69, 9.17) is 11.6 Å². The first-order chi connectivity index (χ1) is 14.9. The summed E-state index contributed by atoms with van der Waals surface area (Å²) in [4.78, 5) is 28.7. The van der Waals surface area contributed by atoms with Gasteiger partial charge in [-0.15, -0.1) is 0 Å². The van der Waals surface area contributed by atoms with Crippen LogP contribution in [0.15, 0.2) is 88.3 Å².